The summed E-state index contributed by atoms with van der Waals surface area (Å²) in [7, 11) is 3.42. The summed E-state index contributed by atoms with van der Waals surface area (Å²) in [5, 5.41) is 3.75. The minimum absolute atomic E-state index is 0.267. The second-order valence-corrected chi connectivity index (χ2v) is 6.78. The number of benzene rings is 2. The summed E-state index contributed by atoms with van der Waals surface area (Å²) in [5.41, 5.74) is 1.73. The Kier molecular flexibility index (Phi) is 5.00. The van der Waals surface area contributed by atoms with E-state index in [4.69, 9.17) is 9.47 Å². The molecule has 3 heteroatoms. The van der Waals surface area contributed by atoms with Crippen LogP contribution in [0.4, 0.5) is 0 Å². The molecule has 124 valence electrons. The number of methoxy groups -OCH3 is 2. The molecule has 2 aromatic rings. The van der Waals surface area contributed by atoms with Crippen LogP contribution < -0.4 is 14.8 Å². The first-order valence-corrected chi connectivity index (χ1v) is 7.88. The minimum Gasteiger partial charge on any atom is -0.496 e. The van der Waals surface area contributed by atoms with E-state index in [1.54, 1.807) is 14.2 Å². The Bertz CT molecular complexity index is 605. The molecule has 3 nitrogen and oxygen atoms in total. The highest BCUT2D eigenvalue weighted by atomic mass is 16.5. The van der Waals surface area contributed by atoms with Gasteiger partial charge in [0.1, 0.15) is 11.5 Å². The van der Waals surface area contributed by atoms with Crippen molar-refractivity contribution in [3.63, 3.8) is 0 Å². The van der Waals surface area contributed by atoms with Crippen LogP contribution in [0.3, 0.4) is 0 Å². The van der Waals surface area contributed by atoms with Crippen LogP contribution in [0.1, 0.15) is 38.8 Å². The van der Waals surface area contributed by atoms with Crippen LogP contribution in [-0.2, 0) is 11.1 Å². The van der Waals surface area contributed by atoms with Gasteiger partial charge in [-0.3, -0.25) is 5.32 Å². The molecular formula is C20H27NO2. The molecule has 0 amide bonds. The van der Waals surface area contributed by atoms with Crippen LogP contribution in [-0.4, -0.2) is 14.2 Å². The van der Waals surface area contributed by atoms with Crippen LogP contribution in [0.15, 0.2) is 48.5 Å². The Morgan fingerprint density at radius 2 is 1.00 bits per heavy atom. The van der Waals surface area contributed by atoms with Crippen LogP contribution in [0.25, 0.3) is 0 Å². The first-order valence-electron chi connectivity index (χ1n) is 7.88. The summed E-state index contributed by atoms with van der Waals surface area (Å²) in [6.07, 6.45) is 0. The quantitative estimate of drug-likeness (QED) is 0.854. The van der Waals surface area contributed by atoms with Crippen LogP contribution in [0.2, 0.25) is 0 Å². The molecule has 0 unspecified atom stereocenters. The fourth-order valence-electron chi connectivity index (χ4n) is 3.24. The molecule has 2 aromatic carbocycles. The van der Waals surface area contributed by atoms with Gasteiger partial charge in [-0.25, -0.2) is 0 Å². The van der Waals surface area contributed by atoms with Crippen molar-refractivity contribution in [1.82, 2.24) is 5.32 Å². The summed E-state index contributed by atoms with van der Waals surface area (Å²) in [6.45, 7) is 8.67. The van der Waals surface area contributed by atoms with E-state index in [0.29, 0.717) is 0 Å². The zero-order valence-corrected chi connectivity index (χ0v) is 14.9. The first-order chi connectivity index (χ1) is 10.8. The van der Waals surface area contributed by atoms with Gasteiger partial charge in [-0.05, 0) is 39.8 Å². The van der Waals surface area contributed by atoms with Gasteiger partial charge in [0.15, 0.2) is 0 Å². The van der Waals surface area contributed by atoms with Crippen molar-refractivity contribution in [2.45, 2.75) is 38.8 Å². The number of ether oxygens (including phenoxy) is 2. The zero-order valence-electron chi connectivity index (χ0n) is 14.9. The third kappa shape index (κ3) is 3.67. The van der Waals surface area contributed by atoms with Crippen LogP contribution >= 0.6 is 0 Å². The normalized spacial score (nSPS) is 12.1. The van der Waals surface area contributed by atoms with E-state index in [9.17, 15) is 0 Å². The molecule has 1 N–H and O–H groups in total. The number of rotatable bonds is 6. The maximum absolute atomic E-state index is 5.53. The van der Waals surface area contributed by atoms with Crippen molar-refractivity contribution < 1.29 is 9.47 Å². The summed E-state index contributed by atoms with van der Waals surface area (Å²) in [5.74, 6) is 1.78. The number of nitrogens with one attached hydrogen (secondary N) is 1. The lowest BCUT2D eigenvalue weighted by Crippen LogP contribution is -2.48. The Morgan fingerprint density at radius 3 is 1.35 bits per heavy atom. The molecule has 0 saturated carbocycles. The number of hydrogen-bond acceptors (Lipinski definition) is 3. The van der Waals surface area contributed by atoms with Gasteiger partial charge >= 0.3 is 0 Å². The van der Waals surface area contributed by atoms with Crippen LogP contribution in [0.5, 0.6) is 11.5 Å². The monoisotopic (exact) mass is 313 g/mol. The Morgan fingerprint density at radius 1 is 0.652 bits per heavy atom. The lowest BCUT2D eigenvalue weighted by molar-refractivity contribution is 0.256. The largest absolute Gasteiger partial charge is 0.496 e. The van der Waals surface area contributed by atoms with Gasteiger partial charge in [-0.15, -0.1) is 0 Å². The molecule has 0 fully saturated rings. The molecule has 0 aromatic heterocycles. The SMILES string of the molecule is COc1ccccc1C(C)(C)NC(C)(C)c1ccccc1OC. The maximum Gasteiger partial charge on any atom is 0.123 e. The van der Waals surface area contributed by atoms with Gasteiger partial charge < -0.3 is 9.47 Å². The average Bonchev–Trinajstić information content (AvgIpc) is 2.53. The average molecular weight is 313 g/mol. The second kappa shape index (κ2) is 6.63. The summed E-state index contributed by atoms with van der Waals surface area (Å²) in [6, 6.07) is 16.3. The van der Waals surface area contributed by atoms with Crippen LogP contribution in [0, 0.1) is 0 Å². The molecule has 0 radical (unpaired) electrons. The highest BCUT2D eigenvalue weighted by molar-refractivity contribution is 5.41. The van der Waals surface area contributed by atoms with Gasteiger partial charge in [-0.1, -0.05) is 36.4 Å². The Labute approximate surface area is 139 Å². The zero-order chi connectivity index (χ0) is 17.1. The third-order valence-electron chi connectivity index (χ3n) is 4.19. The summed E-state index contributed by atoms with van der Waals surface area (Å²) >= 11 is 0. The molecule has 2 rings (SSSR count). The van der Waals surface area contributed by atoms with Crippen molar-refractivity contribution in [3.8, 4) is 11.5 Å². The molecule has 23 heavy (non-hydrogen) atoms. The molecular weight excluding hydrogens is 286 g/mol. The molecule has 0 atom stereocenters. The van der Waals surface area contributed by atoms with Gasteiger partial charge in [0, 0.05) is 22.2 Å². The number of hydrogen-bond donors (Lipinski definition) is 1. The van der Waals surface area contributed by atoms with Gasteiger partial charge in [0.2, 0.25) is 0 Å². The van der Waals surface area contributed by atoms with Crippen molar-refractivity contribution >= 4 is 0 Å². The van der Waals surface area contributed by atoms with Crippen molar-refractivity contribution in [2.24, 2.45) is 0 Å². The predicted octanol–water partition coefficient (Wildman–Crippen LogP) is 4.46. The molecule has 0 spiro atoms. The van der Waals surface area contributed by atoms with Gasteiger partial charge in [-0.2, -0.15) is 0 Å². The molecule has 0 aliphatic carbocycles. The molecule has 0 aliphatic heterocycles. The topological polar surface area (TPSA) is 30.5 Å². The van der Waals surface area contributed by atoms with Crippen molar-refractivity contribution in [2.75, 3.05) is 14.2 Å². The standard InChI is InChI=1S/C20H27NO2/c1-19(2,15-11-7-9-13-17(15)22-5)21-20(3,4)16-12-8-10-14-18(16)23-6/h7-14,21H,1-6H3. The second-order valence-electron chi connectivity index (χ2n) is 6.78. The minimum atomic E-state index is -0.267. The Balaban J connectivity index is 2.38. The van der Waals surface area contributed by atoms with E-state index < -0.39 is 0 Å². The summed E-state index contributed by atoms with van der Waals surface area (Å²) < 4.78 is 11.1. The fraction of sp³-hybridized carbons (Fsp3) is 0.400. The molecule has 0 aliphatic rings. The van der Waals surface area contributed by atoms with Crippen molar-refractivity contribution in [3.05, 3.63) is 59.7 Å². The maximum atomic E-state index is 5.53. The van der Waals surface area contributed by atoms with E-state index in [0.717, 1.165) is 22.6 Å². The fourth-order valence-corrected chi connectivity index (χ4v) is 3.24. The van der Waals surface area contributed by atoms with E-state index in [2.05, 4.69) is 45.1 Å². The smallest absolute Gasteiger partial charge is 0.123 e. The summed E-state index contributed by atoms with van der Waals surface area (Å²) in [4.78, 5) is 0. The lowest BCUT2D eigenvalue weighted by atomic mass is 9.86. The molecule has 0 heterocycles. The third-order valence-corrected chi connectivity index (χ3v) is 4.19. The van der Waals surface area contributed by atoms with E-state index >= 15 is 0 Å². The Hall–Kier alpha value is -2.00. The first kappa shape index (κ1) is 17.4. The predicted molar refractivity (Wildman–Crippen MR) is 95.2 cm³/mol. The number of para-hydroxylation sites is 2. The molecule has 0 saturated heterocycles. The van der Waals surface area contributed by atoms with E-state index in [1.165, 1.54) is 0 Å². The van der Waals surface area contributed by atoms with Gasteiger partial charge in [0.05, 0.1) is 14.2 Å². The molecule has 0 bridgehead atoms. The highest BCUT2D eigenvalue weighted by Gasteiger charge is 2.33. The van der Waals surface area contributed by atoms with E-state index in [-0.39, 0.29) is 11.1 Å². The van der Waals surface area contributed by atoms with E-state index in [1.807, 2.05) is 36.4 Å². The van der Waals surface area contributed by atoms with Crippen molar-refractivity contribution in [1.29, 1.82) is 0 Å². The highest BCUT2D eigenvalue weighted by Crippen LogP contribution is 2.36. The van der Waals surface area contributed by atoms with Gasteiger partial charge in [0.25, 0.3) is 0 Å². The lowest BCUT2D eigenvalue weighted by Gasteiger charge is -2.39.